The SMILES string of the molecule is C.CC(C(O)c1ccccc1)N1CCN(c2ccc(CO)cc2)CC1. The van der Waals surface area contributed by atoms with Gasteiger partial charge in [-0.25, -0.2) is 0 Å². The molecule has 1 fully saturated rings. The van der Waals surface area contributed by atoms with Crippen molar-refractivity contribution in [3.05, 3.63) is 65.7 Å². The van der Waals surface area contributed by atoms with E-state index in [1.54, 1.807) is 0 Å². The van der Waals surface area contributed by atoms with Gasteiger partial charge in [-0.2, -0.15) is 0 Å². The minimum atomic E-state index is -0.457. The molecule has 3 rings (SSSR count). The molecule has 4 heteroatoms. The van der Waals surface area contributed by atoms with Crippen molar-refractivity contribution in [2.24, 2.45) is 0 Å². The molecule has 0 spiro atoms. The number of nitrogens with zero attached hydrogens (tertiary/aromatic N) is 2. The van der Waals surface area contributed by atoms with Gasteiger partial charge < -0.3 is 15.1 Å². The number of piperazine rings is 1. The number of hydrogen-bond donors (Lipinski definition) is 2. The quantitative estimate of drug-likeness (QED) is 0.877. The number of aliphatic hydroxyl groups is 2. The minimum Gasteiger partial charge on any atom is -0.392 e. The Morgan fingerprint density at radius 3 is 2.08 bits per heavy atom. The lowest BCUT2D eigenvalue weighted by molar-refractivity contribution is 0.0546. The van der Waals surface area contributed by atoms with Crippen molar-refractivity contribution in [2.75, 3.05) is 31.1 Å². The van der Waals surface area contributed by atoms with Gasteiger partial charge in [0.25, 0.3) is 0 Å². The van der Waals surface area contributed by atoms with Gasteiger partial charge >= 0.3 is 0 Å². The zero-order valence-corrected chi connectivity index (χ0v) is 14.2. The van der Waals surface area contributed by atoms with Gasteiger partial charge in [0.05, 0.1) is 12.7 Å². The molecule has 1 heterocycles. The molecule has 0 aliphatic carbocycles. The van der Waals surface area contributed by atoms with Crippen molar-refractivity contribution < 1.29 is 10.2 Å². The molecule has 0 saturated carbocycles. The van der Waals surface area contributed by atoms with Crippen molar-refractivity contribution in [1.29, 1.82) is 0 Å². The lowest BCUT2D eigenvalue weighted by atomic mass is 10.0. The first-order valence-electron chi connectivity index (χ1n) is 8.61. The first kappa shape index (κ1) is 19.4. The summed E-state index contributed by atoms with van der Waals surface area (Å²) in [7, 11) is 0. The van der Waals surface area contributed by atoms with Crippen LogP contribution >= 0.6 is 0 Å². The lowest BCUT2D eigenvalue weighted by Crippen LogP contribution is -2.51. The molecule has 2 atom stereocenters. The number of rotatable bonds is 5. The second-order valence-corrected chi connectivity index (χ2v) is 6.44. The summed E-state index contributed by atoms with van der Waals surface area (Å²) in [4.78, 5) is 4.72. The highest BCUT2D eigenvalue weighted by atomic mass is 16.3. The minimum absolute atomic E-state index is 0. The Bertz CT molecular complexity index is 622. The molecule has 4 nitrogen and oxygen atoms in total. The van der Waals surface area contributed by atoms with Crippen LogP contribution in [0.15, 0.2) is 54.6 Å². The highest BCUT2D eigenvalue weighted by Crippen LogP contribution is 2.23. The topological polar surface area (TPSA) is 46.9 Å². The highest BCUT2D eigenvalue weighted by molar-refractivity contribution is 5.48. The van der Waals surface area contributed by atoms with E-state index in [2.05, 4.69) is 28.9 Å². The molecular weight excluding hydrogens is 312 g/mol. The summed E-state index contributed by atoms with van der Waals surface area (Å²) < 4.78 is 0. The molecule has 0 radical (unpaired) electrons. The Kier molecular flexibility index (Phi) is 7.00. The van der Waals surface area contributed by atoms with Crippen LogP contribution in [-0.4, -0.2) is 47.3 Å². The van der Waals surface area contributed by atoms with Crippen LogP contribution in [-0.2, 0) is 6.61 Å². The monoisotopic (exact) mass is 342 g/mol. The summed E-state index contributed by atoms with van der Waals surface area (Å²) in [5.41, 5.74) is 3.12. The largest absolute Gasteiger partial charge is 0.392 e. The molecule has 0 bridgehead atoms. The van der Waals surface area contributed by atoms with Crippen LogP contribution in [0.1, 0.15) is 31.6 Å². The molecule has 2 N–H and O–H groups in total. The van der Waals surface area contributed by atoms with Crippen molar-refractivity contribution in [3.63, 3.8) is 0 Å². The van der Waals surface area contributed by atoms with E-state index in [4.69, 9.17) is 5.11 Å². The molecule has 2 aromatic rings. The van der Waals surface area contributed by atoms with Crippen LogP contribution in [0.25, 0.3) is 0 Å². The maximum Gasteiger partial charge on any atom is 0.0942 e. The van der Waals surface area contributed by atoms with Gasteiger partial charge in [0.15, 0.2) is 0 Å². The fraction of sp³-hybridized carbons (Fsp3) is 0.429. The summed E-state index contributed by atoms with van der Waals surface area (Å²) in [5, 5.41) is 19.7. The van der Waals surface area contributed by atoms with E-state index in [1.807, 2.05) is 42.5 Å². The van der Waals surface area contributed by atoms with Gasteiger partial charge in [0, 0.05) is 37.9 Å². The van der Waals surface area contributed by atoms with Crippen molar-refractivity contribution >= 4 is 5.69 Å². The van der Waals surface area contributed by atoms with Crippen LogP contribution in [0.2, 0.25) is 0 Å². The van der Waals surface area contributed by atoms with E-state index >= 15 is 0 Å². The van der Waals surface area contributed by atoms with Crippen LogP contribution in [0.5, 0.6) is 0 Å². The average Bonchev–Trinajstić information content (AvgIpc) is 2.68. The first-order chi connectivity index (χ1) is 11.7. The second kappa shape index (κ2) is 8.99. The van der Waals surface area contributed by atoms with Gasteiger partial charge in [0.1, 0.15) is 0 Å². The second-order valence-electron chi connectivity index (χ2n) is 6.44. The third-order valence-corrected chi connectivity index (χ3v) is 4.97. The molecule has 2 aromatic carbocycles. The number of benzene rings is 2. The Morgan fingerprint density at radius 1 is 0.920 bits per heavy atom. The maximum atomic E-state index is 10.6. The standard InChI is InChI=1S/C20H26N2O2.CH4/c1-16(20(24)18-5-3-2-4-6-18)21-11-13-22(14-12-21)19-9-7-17(15-23)8-10-19;/h2-10,16,20,23-24H,11-15H2,1H3;1H4. The van der Waals surface area contributed by atoms with E-state index in [0.29, 0.717) is 0 Å². The van der Waals surface area contributed by atoms with Gasteiger partial charge in [-0.05, 0) is 30.2 Å². The summed E-state index contributed by atoms with van der Waals surface area (Å²) in [6, 6.07) is 18.1. The van der Waals surface area contributed by atoms with E-state index in [1.165, 1.54) is 5.69 Å². The number of hydrogen-bond acceptors (Lipinski definition) is 4. The molecule has 1 aliphatic rings. The zero-order chi connectivity index (χ0) is 16.9. The number of aliphatic hydroxyl groups excluding tert-OH is 2. The molecular formula is C21H30N2O2. The Balaban J connectivity index is 0.00000225. The third-order valence-electron chi connectivity index (χ3n) is 4.97. The Morgan fingerprint density at radius 2 is 1.52 bits per heavy atom. The summed E-state index contributed by atoms with van der Waals surface area (Å²) in [6.45, 7) is 5.96. The van der Waals surface area contributed by atoms with E-state index in [-0.39, 0.29) is 20.1 Å². The average molecular weight is 342 g/mol. The van der Waals surface area contributed by atoms with Gasteiger partial charge in [-0.3, -0.25) is 4.90 Å². The molecule has 1 aliphatic heterocycles. The maximum absolute atomic E-state index is 10.6. The first-order valence-corrected chi connectivity index (χ1v) is 8.61. The summed E-state index contributed by atoms with van der Waals surface area (Å²) in [5.74, 6) is 0. The van der Waals surface area contributed by atoms with E-state index in [0.717, 1.165) is 37.3 Å². The smallest absolute Gasteiger partial charge is 0.0942 e. The van der Waals surface area contributed by atoms with E-state index < -0.39 is 6.10 Å². The predicted octanol–water partition coefficient (Wildman–Crippen LogP) is 3.06. The van der Waals surface area contributed by atoms with Crippen LogP contribution in [0, 0.1) is 0 Å². The van der Waals surface area contributed by atoms with Crippen molar-refractivity contribution in [3.8, 4) is 0 Å². The molecule has 0 aromatic heterocycles. The Labute approximate surface area is 151 Å². The third kappa shape index (κ3) is 4.60. The van der Waals surface area contributed by atoms with Gasteiger partial charge in [-0.15, -0.1) is 0 Å². The normalized spacial score (nSPS) is 17.6. The fourth-order valence-corrected chi connectivity index (χ4v) is 3.33. The Hall–Kier alpha value is -1.88. The van der Waals surface area contributed by atoms with Gasteiger partial charge in [-0.1, -0.05) is 49.9 Å². The van der Waals surface area contributed by atoms with Crippen LogP contribution in [0.3, 0.4) is 0 Å². The lowest BCUT2D eigenvalue weighted by Gasteiger charge is -2.40. The van der Waals surface area contributed by atoms with Crippen molar-refractivity contribution in [2.45, 2.75) is 33.1 Å². The predicted molar refractivity (Wildman–Crippen MR) is 104 cm³/mol. The summed E-state index contributed by atoms with van der Waals surface area (Å²) >= 11 is 0. The highest BCUT2D eigenvalue weighted by Gasteiger charge is 2.26. The van der Waals surface area contributed by atoms with Crippen molar-refractivity contribution in [1.82, 2.24) is 4.90 Å². The van der Waals surface area contributed by atoms with Gasteiger partial charge in [0.2, 0.25) is 0 Å². The summed E-state index contributed by atoms with van der Waals surface area (Å²) in [6.07, 6.45) is -0.457. The molecule has 0 amide bonds. The number of anilines is 1. The molecule has 2 unspecified atom stereocenters. The molecule has 136 valence electrons. The molecule has 25 heavy (non-hydrogen) atoms. The van der Waals surface area contributed by atoms with Crippen LogP contribution in [0.4, 0.5) is 5.69 Å². The zero-order valence-electron chi connectivity index (χ0n) is 14.2. The fourth-order valence-electron chi connectivity index (χ4n) is 3.33. The van der Waals surface area contributed by atoms with E-state index in [9.17, 15) is 5.11 Å². The molecule has 1 saturated heterocycles. The van der Waals surface area contributed by atoms with Crippen LogP contribution < -0.4 is 4.90 Å².